The molecule has 25 heavy (non-hydrogen) atoms. The Balaban J connectivity index is 1.84. The van der Waals surface area contributed by atoms with Crippen molar-refractivity contribution in [1.29, 1.82) is 0 Å². The molecule has 8 nitrogen and oxygen atoms in total. The lowest BCUT2D eigenvalue weighted by Gasteiger charge is -2.34. The molecule has 1 aliphatic rings. The number of ether oxygens (including phenoxy) is 1. The molecule has 1 aliphatic heterocycles. The van der Waals surface area contributed by atoms with E-state index in [9.17, 15) is 4.79 Å². The van der Waals surface area contributed by atoms with Gasteiger partial charge in [-0.3, -0.25) is 9.48 Å². The van der Waals surface area contributed by atoms with E-state index < -0.39 is 0 Å². The van der Waals surface area contributed by atoms with Crippen molar-refractivity contribution in [3.63, 3.8) is 0 Å². The van der Waals surface area contributed by atoms with E-state index in [4.69, 9.17) is 4.74 Å². The highest BCUT2D eigenvalue weighted by Gasteiger charge is 2.31. The lowest BCUT2D eigenvalue weighted by molar-refractivity contribution is -0.141. The maximum atomic E-state index is 12.9. The maximum Gasteiger partial charge on any atom is 0.245 e. The van der Waals surface area contributed by atoms with Crippen LogP contribution in [0.25, 0.3) is 0 Å². The van der Waals surface area contributed by atoms with E-state index in [0.717, 1.165) is 22.9 Å². The van der Waals surface area contributed by atoms with Gasteiger partial charge in [0.1, 0.15) is 18.4 Å². The van der Waals surface area contributed by atoms with E-state index in [1.54, 1.807) is 9.58 Å². The van der Waals surface area contributed by atoms with Crippen molar-refractivity contribution in [2.24, 2.45) is 0 Å². The maximum absolute atomic E-state index is 12.9. The molecular formula is C17H24N6O2. The molecule has 0 saturated carbocycles. The number of nitrogens with one attached hydrogen (secondary N) is 1. The lowest BCUT2D eigenvalue weighted by Crippen LogP contribution is -2.45. The van der Waals surface area contributed by atoms with Crippen LogP contribution in [0.5, 0.6) is 0 Å². The summed E-state index contributed by atoms with van der Waals surface area (Å²) in [5.74, 6) is 1.33. The molecular weight excluding hydrogens is 320 g/mol. The summed E-state index contributed by atoms with van der Waals surface area (Å²) in [5, 5.41) is 7.41. The van der Waals surface area contributed by atoms with Gasteiger partial charge in [0.15, 0.2) is 5.82 Å². The fourth-order valence-electron chi connectivity index (χ4n) is 3.04. The molecule has 0 aliphatic carbocycles. The van der Waals surface area contributed by atoms with Crippen LogP contribution < -0.4 is 5.32 Å². The number of anilines is 1. The second kappa shape index (κ2) is 7.18. The molecule has 8 heteroatoms. The second-order valence-electron chi connectivity index (χ2n) is 6.27. The third-order valence-electron chi connectivity index (χ3n) is 4.26. The third-order valence-corrected chi connectivity index (χ3v) is 4.26. The molecule has 0 radical (unpaired) electrons. The van der Waals surface area contributed by atoms with Gasteiger partial charge in [0.25, 0.3) is 0 Å². The number of carbonyl (C=O) groups is 1. The summed E-state index contributed by atoms with van der Waals surface area (Å²) >= 11 is 0. The van der Waals surface area contributed by atoms with Gasteiger partial charge in [-0.1, -0.05) is 0 Å². The average Bonchev–Trinajstić information content (AvgIpc) is 2.91. The van der Waals surface area contributed by atoms with E-state index in [1.807, 2.05) is 40.0 Å². The quantitative estimate of drug-likeness (QED) is 0.898. The van der Waals surface area contributed by atoms with Gasteiger partial charge in [0.2, 0.25) is 5.91 Å². The number of carbonyl (C=O) groups excluding carboxylic acids is 1. The molecule has 3 heterocycles. The average molecular weight is 344 g/mol. The van der Waals surface area contributed by atoms with E-state index in [-0.39, 0.29) is 18.5 Å². The van der Waals surface area contributed by atoms with Crippen LogP contribution in [0.2, 0.25) is 0 Å². The zero-order valence-electron chi connectivity index (χ0n) is 15.1. The molecule has 3 rings (SSSR count). The number of aryl methyl sites for hydroxylation is 3. The van der Waals surface area contributed by atoms with Crippen LogP contribution in [-0.2, 0) is 16.1 Å². The normalized spacial score (nSPS) is 17.6. The summed E-state index contributed by atoms with van der Waals surface area (Å²) in [4.78, 5) is 23.7. The van der Waals surface area contributed by atoms with Crippen molar-refractivity contribution < 1.29 is 9.53 Å². The zero-order valence-corrected chi connectivity index (χ0v) is 15.1. The summed E-state index contributed by atoms with van der Waals surface area (Å²) in [5.41, 5.74) is 2.73. The molecule has 1 amide bonds. The van der Waals surface area contributed by atoms with Crippen LogP contribution >= 0.6 is 0 Å². The Morgan fingerprint density at radius 2 is 2.08 bits per heavy atom. The first-order chi connectivity index (χ1) is 12.0. The zero-order chi connectivity index (χ0) is 18.0. The Kier molecular flexibility index (Phi) is 4.98. The predicted molar refractivity (Wildman–Crippen MR) is 93.3 cm³/mol. The molecule has 1 atom stereocenters. The van der Waals surface area contributed by atoms with Crippen molar-refractivity contribution in [1.82, 2.24) is 24.6 Å². The number of morpholine rings is 1. The van der Waals surface area contributed by atoms with Crippen LogP contribution in [0, 0.1) is 20.8 Å². The van der Waals surface area contributed by atoms with Crippen molar-refractivity contribution in [2.45, 2.75) is 33.4 Å². The molecule has 1 fully saturated rings. The minimum Gasteiger partial charge on any atom is -0.377 e. The molecule has 2 aromatic rings. The third kappa shape index (κ3) is 3.79. The smallest absolute Gasteiger partial charge is 0.245 e. The van der Waals surface area contributed by atoms with Crippen LogP contribution in [0.15, 0.2) is 12.1 Å². The van der Waals surface area contributed by atoms with Crippen LogP contribution in [0.3, 0.4) is 0 Å². The fourth-order valence-corrected chi connectivity index (χ4v) is 3.04. The predicted octanol–water partition coefficient (Wildman–Crippen LogP) is 1.24. The number of amides is 1. The molecule has 1 saturated heterocycles. The molecule has 2 aromatic heterocycles. The van der Waals surface area contributed by atoms with Crippen molar-refractivity contribution in [3.8, 4) is 0 Å². The second-order valence-corrected chi connectivity index (χ2v) is 6.27. The number of nitrogens with zero attached hydrogens (tertiary/aromatic N) is 5. The largest absolute Gasteiger partial charge is 0.377 e. The first kappa shape index (κ1) is 17.3. The van der Waals surface area contributed by atoms with Gasteiger partial charge >= 0.3 is 0 Å². The number of hydrogen-bond acceptors (Lipinski definition) is 6. The van der Waals surface area contributed by atoms with Gasteiger partial charge in [-0.25, -0.2) is 9.97 Å². The monoisotopic (exact) mass is 344 g/mol. The van der Waals surface area contributed by atoms with Gasteiger partial charge < -0.3 is 15.0 Å². The highest BCUT2D eigenvalue weighted by Crippen LogP contribution is 2.23. The SMILES string of the molecule is CNc1cc(C)nc([C@@H]2COCCN2C(=O)Cn2nc(C)cc2C)n1. The van der Waals surface area contributed by atoms with Crippen molar-refractivity contribution in [3.05, 3.63) is 35.0 Å². The highest BCUT2D eigenvalue weighted by atomic mass is 16.5. The fraction of sp³-hybridized carbons (Fsp3) is 0.529. The van der Waals surface area contributed by atoms with Gasteiger partial charge in [-0.15, -0.1) is 0 Å². The van der Waals surface area contributed by atoms with Crippen LogP contribution in [0.4, 0.5) is 5.82 Å². The van der Waals surface area contributed by atoms with E-state index in [1.165, 1.54) is 0 Å². The Morgan fingerprint density at radius 1 is 1.28 bits per heavy atom. The van der Waals surface area contributed by atoms with Crippen LogP contribution in [0.1, 0.15) is 28.9 Å². The molecule has 0 aromatic carbocycles. The molecule has 134 valence electrons. The van der Waals surface area contributed by atoms with Crippen molar-refractivity contribution in [2.75, 3.05) is 32.1 Å². The van der Waals surface area contributed by atoms with Gasteiger partial charge in [0.05, 0.1) is 18.9 Å². The van der Waals surface area contributed by atoms with E-state index in [0.29, 0.717) is 25.6 Å². The minimum atomic E-state index is -0.287. The summed E-state index contributed by atoms with van der Waals surface area (Å²) in [7, 11) is 1.81. The summed E-state index contributed by atoms with van der Waals surface area (Å²) in [6, 6.07) is 3.55. The first-order valence-electron chi connectivity index (χ1n) is 8.39. The molecule has 1 N–H and O–H groups in total. The Labute approximate surface area is 147 Å². The molecule has 0 bridgehead atoms. The molecule has 0 unspecified atom stereocenters. The summed E-state index contributed by atoms with van der Waals surface area (Å²) in [6.07, 6.45) is 0. The number of hydrogen-bond donors (Lipinski definition) is 1. The Hall–Kier alpha value is -2.48. The number of rotatable bonds is 4. The Morgan fingerprint density at radius 3 is 2.76 bits per heavy atom. The van der Waals surface area contributed by atoms with Gasteiger partial charge in [-0.2, -0.15) is 5.10 Å². The topological polar surface area (TPSA) is 85.2 Å². The highest BCUT2D eigenvalue weighted by molar-refractivity contribution is 5.76. The lowest BCUT2D eigenvalue weighted by atomic mass is 10.2. The first-order valence-corrected chi connectivity index (χ1v) is 8.39. The molecule has 0 spiro atoms. The minimum absolute atomic E-state index is 0.00406. The van der Waals surface area contributed by atoms with E-state index >= 15 is 0 Å². The van der Waals surface area contributed by atoms with Crippen LogP contribution in [-0.4, -0.2) is 57.4 Å². The summed E-state index contributed by atoms with van der Waals surface area (Å²) < 4.78 is 7.33. The Bertz CT molecular complexity index is 772. The van der Waals surface area contributed by atoms with Gasteiger partial charge in [-0.05, 0) is 26.8 Å². The van der Waals surface area contributed by atoms with Gasteiger partial charge in [0, 0.05) is 31.0 Å². The standard InChI is InChI=1S/C17H24N6O2/c1-11-8-15(18-4)20-17(19-11)14-10-25-6-5-22(14)16(24)9-23-13(3)7-12(2)21-23/h7-8,14H,5-6,9-10H2,1-4H3,(H,18,19,20)/t14-/m0/s1. The summed E-state index contributed by atoms with van der Waals surface area (Å²) in [6.45, 7) is 7.44. The van der Waals surface area contributed by atoms with Crippen molar-refractivity contribution >= 4 is 11.7 Å². The van der Waals surface area contributed by atoms with E-state index in [2.05, 4.69) is 20.4 Å². The number of aromatic nitrogens is 4.